The van der Waals surface area contributed by atoms with Crippen LogP contribution in [0, 0.1) is 0 Å². The maximum absolute atomic E-state index is 9.89. The second-order valence-corrected chi connectivity index (χ2v) is 1.75. The van der Waals surface area contributed by atoms with Crippen LogP contribution in [0.15, 0.2) is 0 Å². The standard InChI is InChI=1S/BF2HO.Li.H3O4P/c2-1(3)4;;1-5(2,3)4/h4H;;(H3,1,2,3,4)/q;+1;/p-1. The van der Waals surface area contributed by atoms with E-state index in [4.69, 9.17) is 24.3 Å². The Morgan fingerprint density at radius 1 is 1.40 bits per heavy atom. The molecule has 0 saturated carbocycles. The fraction of sp³-hybridized carbons (Fsp3) is 0. The molecule has 0 aliphatic heterocycles. The largest absolute Gasteiger partial charge is 1.00 e. The smallest absolute Gasteiger partial charge is 0.756 e. The maximum Gasteiger partial charge on any atom is 1.00 e. The van der Waals surface area contributed by atoms with E-state index in [0.717, 1.165) is 0 Å². The summed E-state index contributed by atoms with van der Waals surface area (Å²) in [4.78, 5) is 22.9. The van der Waals surface area contributed by atoms with Gasteiger partial charge < -0.3 is 19.7 Å². The summed E-state index contributed by atoms with van der Waals surface area (Å²) in [7, 11) is -8.06. The summed E-state index contributed by atoms with van der Waals surface area (Å²) in [6.07, 6.45) is 0. The van der Waals surface area contributed by atoms with Crippen molar-refractivity contribution in [3.05, 3.63) is 0 Å². The van der Waals surface area contributed by atoms with Gasteiger partial charge in [-0.3, -0.25) is 13.2 Å². The molecule has 0 aromatic carbocycles. The van der Waals surface area contributed by atoms with Gasteiger partial charge in [0.05, 0.1) is 0 Å². The molecular weight excluding hydrogens is 167 g/mol. The van der Waals surface area contributed by atoms with Crippen LogP contribution in [0.4, 0.5) is 8.63 Å². The van der Waals surface area contributed by atoms with Crippen molar-refractivity contribution in [2.24, 2.45) is 0 Å². The summed E-state index contributed by atoms with van der Waals surface area (Å²) >= 11 is 0. The predicted molar refractivity (Wildman–Crippen MR) is 22.2 cm³/mol. The Morgan fingerprint density at radius 2 is 1.40 bits per heavy atom. The predicted octanol–water partition coefficient (Wildman–Crippen LogP) is -4.65. The molecule has 0 atom stereocenters. The molecule has 0 rings (SSSR count). The second kappa shape index (κ2) is 7.70. The van der Waals surface area contributed by atoms with Gasteiger partial charge in [-0.15, -0.1) is 0 Å². The molecule has 0 aromatic rings. The molecule has 0 saturated heterocycles. The average molecular weight is 170 g/mol. The van der Waals surface area contributed by atoms with Gasteiger partial charge in [0, 0.05) is 0 Å². The van der Waals surface area contributed by atoms with Crippen molar-refractivity contribution in [1.29, 1.82) is 0 Å². The summed E-state index contributed by atoms with van der Waals surface area (Å²) in [6, 6.07) is 0. The number of halogens is 2. The van der Waals surface area contributed by atoms with E-state index in [9.17, 15) is 8.63 Å². The Labute approximate surface area is 67.7 Å². The van der Waals surface area contributed by atoms with Crippen LogP contribution in [0.2, 0.25) is 0 Å². The van der Waals surface area contributed by atoms with Gasteiger partial charge >= 0.3 is 26.3 Å². The summed E-state index contributed by atoms with van der Waals surface area (Å²) in [6.45, 7) is 0. The van der Waals surface area contributed by atoms with E-state index in [2.05, 4.69) is 0 Å². The molecule has 10 heteroatoms. The third-order valence-corrected chi connectivity index (χ3v) is 0. The van der Waals surface area contributed by atoms with Gasteiger partial charge in [-0.05, 0) is 0 Å². The third-order valence-electron chi connectivity index (χ3n) is 0. The van der Waals surface area contributed by atoms with Gasteiger partial charge in [0.25, 0.3) is 7.82 Å². The quantitative estimate of drug-likeness (QED) is 0.250. The molecule has 0 spiro atoms. The van der Waals surface area contributed by atoms with Crippen molar-refractivity contribution < 1.29 is 51.8 Å². The number of hydrogen-bond acceptors (Lipinski definition) is 3. The average Bonchev–Trinajstić information content (AvgIpc) is 1.19. The molecule has 0 aliphatic carbocycles. The van der Waals surface area contributed by atoms with Crippen molar-refractivity contribution in [1.82, 2.24) is 0 Å². The van der Waals surface area contributed by atoms with Crippen molar-refractivity contribution in [3.63, 3.8) is 0 Å². The summed E-state index contributed by atoms with van der Waals surface area (Å²) in [5, 5.41) is 6.72. The number of phosphoric acid groups is 1. The Kier molecular flexibility index (Phi) is 13.0. The van der Waals surface area contributed by atoms with E-state index in [1.807, 2.05) is 0 Å². The van der Waals surface area contributed by atoms with Crippen LogP contribution >= 0.6 is 7.82 Å². The Hall–Kier alpha value is 0.592. The molecule has 0 amide bonds. The first kappa shape index (κ1) is 16.9. The normalized spacial score (nSPS) is 8.60. The molecule has 0 radical (unpaired) electrons. The van der Waals surface area contributed by atoms with E-state index in [-0.39, 0.29) is 18.9 Å². The van der Waals surface area contributed by atoms with Crippen molar-refractivity contribution >= 4 is 15.3 Å². The molecule has 0 fully saturated rings. The molecule has 0 bridgehead atoms. The molecule has 10 heavy (non-hydrogen) atoms. The van der Waals surface area contributed by atoms with Crippen LogP contribution in [0.25, 0.3) is 0 Å². The summed E-state index contributed by atoms with van der Waals surface area (Å²) in [5.74, 6) is 0. The van der Waals surface area contributed by atoms with E-state index in [0.29, 0.717) is 0 Å². The van der Waals surface area contributed by atoms with Gasteiger partial charge in [0.1, 0.15) is 0 Å². The van der Waals surface area contributed by atoms with E-state index >= 15 is 0 Å². The monoisotopic (exact) mass is 170 g/mol. The first-order valence-electron chi connectivity index (χ1n) is 1.46. The topological polar surface area (TPSA) is 101 Å². The zero-order valence-electron chi connectivity index (χ0n) is 4.94. The van der Waals surface area contributed by atoms with Crippen LogP contribution in [-0.2, 0) is 4.57 Å². The van der Waals surface area contributed by atoms with Crippen LogP contribution in [0.3, 0.4) is 0 Å². The first-order valence-corrected chi connectivity index (χ1v) is 2.99. The number of hydrogen-bond donors (Lipinski definition) is 3. The van der Waals surface area contributed by atoms with E-state index < -0.39 is 15.3 Å². The van der Waals surface area contributed by atoms with Crippen molar-refractivity contribution in [3.8, 4) is 0 Å². The fourth-order valence-corrected chi connectivity index (χ4v) is 0. The third kappa shape index (κ3) is 1410. The summed E-state index contributed by atoms with van der Waals surface area (Å²) in [5.41, 5.74) is 0. The molecular formula is H3BF2LiO5P. The Morgan fingerprint density at radius 3 is 1.40 bits per heavy atom. The molecule has 56 valence electrons. The van der Waals surface area contributed by atoms with Crippen LogP contribution < -0.4 is 23.8 Å². The minimum atomic E-state index is -4.89. The molecule has 0 unspecified atom stereocenters. The summed E-state index contributed by atoms with van der Waals surface area (Å²) < 4.78 is 28.5. The SMILES string of the molecule is O=P([O-])(O)O.OB(F)F.[Li+]. The zero-order chi connectivity index (χ0) is 8.08. The van der Waals surface area contributed by atoms with Crippen molar-refractivity contribution in [2.45, 2.75) is 0 Å². The minimum Gasteiger partial charge on any atom is -0.756 e. The Balaban J connectivity index is -0.0000000910. The van der Waals surface area contributed by atoms with Crippen molar-refractivity contribution in [2.75, 3.05) is 0 Å². The maximum atomic E-state index is 9.89. The van der Waals surface area contributed by atoms with E-state index in [1.54, 1.807) is 0 Å². The fourth-order valence-electron chi connectivity index (χ4n) is 0. The number of rotatable bonds is 0. The van der Waals surface area contributed by atoms with Gasteiger partial charge in [0.2, 0.25) is 0 Å². The van der Waals surface area contributed by atoms with Crippen LogP contribution in [-0.4, -0.2) is 22.3 Å². The molecule has 5 nitrogen and oxygen atoms in total. The second-order valence-electron chi connectivity index (χ2n) is 0.768. The van der Waals surface area contributed by atoms with Crippen LogP contribution in [0.5, 0.6) is 0 Å². The van der Waals surface area contributed by atoms with Gasteiger partial charge in [-0.1, -0.05) is 0 Å². The first-order chi connectivity index (χ1) is 3.73. The molecule has 0 heterocycles. The van der Waals surface area contributed by atoms with Gasteiger partial charge in [0.15, 0.2) is 0 Å². The molecule has 3 N–H and O–H groups in total. The molecule has 0 aliphatic rings. The Bertz CT molecular complexity index is 90.8. The minimum absolute atomic E-state index is 0. The molecule has 0 aromatic heterocycles. The van der Waals surface area contributed by atoms with Gasteiger partial charge in [-0.25, -0.2) is 0 Å². The van der Waals surface area contributed by atoms with E-state index in [1.165, 1.54) is 0 Å². The zero-order valence-corrected chi connectivity index (χ0v) is 5.83. The van der Waals surface area contributed by atoms with Gasteiger partial charge in [-0.2, -0.15) is 0 Å². The van der Waals surface area contributed by atoms with Crippen LogP contribution in [0.1, 0.15) is 0 Å².